The summed E-state index contributed by atoms with van der Waals surface area (Å²) < 4.78 is 28.9. The van der Waals surface area contributed by atoms with Gasteiger partial charge in [-0.3, -0.25) is 9.52 Å². The van der Waals surface area contributed by atoms with Gasteiger partial charge in [-0.25, -0.2) is 8.42 Å². The molecule has 0 saturated heterocycles. The van der Waals surface area contributed by atoms with Gasteiger partial charge in [0.1, 0.15) is 0 Å². The van der Waals surface area contributed by atoms with Gasteiger partial charge in [0.25, 0.3) is 15.9 Å². The summed E-state index contributed by atoms with van der Waals surface area (Å²) in [5.74, 6) is -0.255. The lowest BCUT2D eigenvalue weighted by Crippen LogP contribution is -2.27. The van der Waals surface area contributed by atoms with Crippen LogP contribution in [0.15, 0.2) is 71.6 Å². The maximum absolute atomic E-state index is 13.2. The largest absolute Gasteiger partial charge is 0.337 e. The summed E-state index contributed by atoms with van der Waals surface area (Å²) in [6, 6.07) is 20.0. The zero-order valence-corrected chi connectivity index (χ0v) is 18.5. The van der Waals surface area contributed by atoms with E-state index in [1.807, 2.05) is 49.4 Å². The number of benzene rings is 3. The van der Waals surface area contributed by atoms with Crippen LogP contribution in [0.25, 0.3) is 0 Å². The first kappa shape index (κ1) is 21.6. The molecule has 1 N–H and O–H groups in total. The van der Waals surface area contributed by atoms with E-state index in [1.165, 1.54) is 0 Å². The van der Waals surface area contributed by atoms with Crippen LogP contribution in [0.5, 0.6) is 0 Å². The number of aryl methyl sites for hydroxylation is 3. The lowest BCUT2D eigenvalue weighted by atomic mass is 10.1. The van der Waals surface area contributed by atoms with Crippen LogP contribution in [0, 0.1) is 20.8 Å². The molecule has 0 aliphatic carbocycles. The van der Waals surface area contributed by atoms with E-state index >= 15 is 0 Å². The number of carbonyl (C=O) groups is 1. The SMILES string of the molecule is Cc1cc(C)c(S(=O)(=O)Nc2ccccc2C(=O)N(C)Cc2ccccc2)c(C)c1. The number of amides is 1. The van der Waals surface area contributed by atoms with Crippen LogP contribution in [-0.2, 0) is 16.6 Å². The van der Waals surface area contributed by atoms with Gasteiger partial charge < -0.3 is 4.90 Å². The first-order valence-electron chi connectivity index (χ1n) is 9.68. The fraction of sp³-hybridized carbons (Fsp3) is 0.208. The topological polar surface area (TPSA) is 66.5 Å². The second-order valence-electron chi connectivity index (χ2n) is 7.53. The highest BCUT2D eigenvalue weighted by Gasteiger charge is 2.23. The third kappa shape index (κ3) is 4.71. The Labute approximate surface area is 178 Å². The molecule has 0 spiro atoms. The normalized spacial score (nSPS) is 11.2. The van der Waals surface area contributed by atoms with Crippen molar-refractivity contribution in [3.05, 3.63) is 94.5 Å². The van der Waals surface area contributed by atoms with Crippen LogP contribution in [0.2, 0.25) is 0 Å². The van der Waals surface area contributed by atoms with Gasteiger partial charge >= 0.3 is 0 Å². The zero-order valence-electron chi connectivity index (χ0n) is 17.6. The van der Waals surface area contributed by atoms with Gasteiger partial charge in [0.05, 0.1) is 16.1 Å². The summed E-state index contributed by atoms with van der Waals surface area (Å²) in [6.07, 6.45) is 0. The summed E-state index contributed by atoms with van der Waals surface area (Å²) in [4.78, 5) is 14.9. The van der Waals surface area contributed by atoms with E-state index in [-0.39, 0.29) is 16.5 Å². The molecule has 3 aromatic carbocycles. The van der Waals surface area contributed by atoms with Gasteiger partial charge in [-0.1, -0.05) is 60.2 Å². The van der Waals surface area contributed by atoms with Gasteiger partial charge in [-0.2, -0.15) is 0 Å². The van der Waals surface area contributed by atoms with Crippen molar-refractivity contribution in [1.29, 1.82) is 0 Å². The van der Waals surface area contributed by atoms with E-state index in [0.717, 1.165) is 11.1 Å². The lowest BCUT2D eigenvalue weighted by molar-refractivity contribution is 0.0786. The molecule has 0 aromatic heterocycles. The Bertz CT molecular complexity index is 1150. The molecule has 1 amide bonds. The Balaban J connectivity index is 1.91. The molecule has 0 unspecified atom stereocenters. The Kier molecular flexibility index (Phi) is 6.27. The van der Waals surface area contributed by atoms with Crippen LogP contribution in [0.1, 0.15) is 32.6 Å². The number of hydrogen-bond acceptors (Lipinski definition) is 3. The standard InChI is InChI=1S/C24H26N2O3S/c1-17-14-18(2)23(19(3)15-17)30(28,29)25-22-13-9-8-12-21(22)24(27)26(4)16-20-10-6-5-7-11-20/h5-15,25H,16H2,1-4H3. The minimum Gasteiger partial charge on any atom is -0.337 e. The van der Waals surface area contributed by atoms with Crippen LogP contribution in [0.3, 0.4) is 0 Å². The molecular weight excluding hydrogens is 396 g/mol. The van der Waals surface area contributed by atoms with E-state index in [4.69, 9.17) is 0 Å². The fourth-order valence-corrected chi connectivity index (χ4v) is 5.21. The molecule has 156 valence electrons. The minimum atomic E-state index is -3.85. The molecular formula is C24H26N2O3S. The average molecular weight is 423 g/mol. The molecule has 0 aliphatic rings. The third-order valence-electron chi connectivity index (χ3n) is 4.88. The lowest BCUT2D eigenvalue weighted by Gasteiger charge is -2.20. The Hall–Kier alpha value is -3.12. The first-order valence-corrected chi connectivity index (χ1v) is 11.2. The molecule has 0 radical (unpaired) electrons. The van der Waals surface area contributed by atoms with Crippen molar-refractivity contribution < 1.29 is 13.2 Å². The van der Waals surface area contributed by atoms with E-state index < -0.39 is 10.0 Å². The van der Waals surface area contributed by atoms with Crippen LogP contribution in [-0.4, -0.2) is 26.3 Å². The second-order valence-corrected chi connectivity index (χ2v) is 9.14. The highest BCUT2D eigenvalue weighted by Crippen LogP contribution is 2.26. The molecule has 0 bridgehead atoms. The van der Waals surface area contributed by atoms with Crippen molar-refractivity contribution in [1.82, 2.24) is 4.90 Å². The molecule has 0 saturated carbocycles. The van der Waals surface area contributed by atoms with Crippen molar-refractivity contribution in [3.8, 4) is 0 Å². The number of nitrogens with one attached hydrogen (secondary N) is 1. The van der Waals surface area contributed by atoms with Gasteiger partial charge in [-0.15, -0.1) is 0 Å². The van der Waals surface area contributed by atoms with Crippen LogP contribution < -0.4 is 4.72 Å². The number of nitrogens with zero attached hydrogens (tertiary/aromatic N) is 1. The summed E-state index contributed by atoms with van der Waals surface area (Å²) in [7, 11) is -2.15. The number of anilines is 1. The zero-order chi connectivity index (χ0) is 21.9. The molecule has 0 atom stereocenters. The number of carbonyl (C=O) groups excluding carboxylic acids is 1. The highest BCUT2D eigenvalue weighted by atomic mass is 32.2. The van der Waals surface area contributed by atoms with Crippen molar-refractivity contribution >= 4 is 21.6 Å². The Morgan fingerprint density at radius 1 is 0.900 bits per heavy atom. The minimum absolute atomic E-state index is 0.244. The van der Waals surface area contributed by atoms with Gasteiger partial charge in [0.15, 0.2) is 0 Å². The van der Waals surface area contributed by atoms with E-state index in [9.17, 15) is 13.2 Å². The molecule has 0 fully saturated rings. The first-order chi connectivity index (χ1) is 14.2. The predicted octanol–water partition coefficient (Wildman–Crippen LogP) is 4.68. The maximum atomic E-state index is 13.2. The molecule has 0 heterocycles. The summed E-state index contributed by atoms with van der Waals surface area (Å²) >= 11 is 0. The molecule has 30 heavy (non-hydrogen) atoms. The second kappa shape index (κ2) is 8.71. The third-order valence-corrected chi connectivity index (χ3v) is 6.55. The fourth-order valence-electron chi connectivity index (χ4n) is 3.68. The van der Waals surface area contributed by atoms with E-state index in [0.29, 0.717) is 23.2 Å². The van der Waals surface area contributed by atoms with Crippen LogP contribution in [0.4, 0.5) is 5.69 Å². The van der Waals surface area contributed by atoms with Crippen molar-refractivity contribution in [2.75, 3.05) is 11.8 Å². The summed E-state index contributed by atoms with van der Waals surface area (Å²) in [6.45, 7) is 5.91. The number of hydrogen-bond donors (Lipinski definition) is 1. The van der Waals surface area contributed by atoms with Gasteiger partial charge in [0.2, 0.25) is 0 Å². The maximum Gasteiger partial charge on any atom is 0.262 e. The molecule has 6 heteroatoms. The van der Waals surface area contributed by atoms with Crippen molar-refractivity contribution in [2.24, 2.45) is 0 Å². The van der Waals surface area contributed by atoms with E-state index in [1.54, 1.807) is 50.1 Å². The van der Waals surface area contributed by atoms with Crippen molar-refractivity contribution in [3.63, 3.8) is 0 Å². The van der Waals surface area contributed by atoms with Gasteiger partial charge in [0, 0.05) is 13.6 Å². The predicted molar refractivity (Wildman–Crippen MR) is 120 cm³/mol. The Morgan fingerprint density at radius 2 is 1.47 bits per heavy atom. The number of rotatable bonds is 6. The summed E-state index contributed by atoms with van der Waals surface area (Å²) in [5.41, 5.74) is 3.91. The van der Waals surface area contributed by atoms with Gasteiger partial charge in [-0.05, 0) is 49.6 Å². The molecule has 3 aromatic rings. The smallest absolute Gasteiger partial charge is 0.262 e. The summed E-state index contributed by atoms with van der Waals surface area (Å²) in [5, 5.41) is 0. The van der Waals surface area contributed by atoms with Crippen molar-refractivity contribution in [2.45, 2.75) is 32.2 Å². The number of sulfonamides is 1. The molecule has 3 rings (SSSR count). The highest BCUT2D eigenvalue weighted by molar-refractivity contribution is 7.92. The molecule has 0 aliphatic heterocycles. The molecule has 5 nitrogen and oxygen atoms in total. The number of para-hydroxylation sites is 1. The quantitative estimate of drug-likeness (QED) is 0.627. The van der Waals surface area contributed by atoms with E-state index in [2.05, 4.69) is 4.72 Å². The average Bonchev–Trinajstić information content (AvgIpc) is 2.67. The monoisotopic (exact) mass is 422 g/mol. The van der Waals surface area contributed by atoms with Crippen LogP contribution >= 0.6 is 0 Å². The Morgan fingerprint density at radius 3 is 2.10 bits per heavy atom.